The van der Waals surface area contributed by atoms with E-state index in [9.17, 15) is 0 Å². The van der Waals surface area contributed by atoms with Crippen LogP contribution in [-0.4, -0.2) is 11.7 Å². The van der Waals surface area contributed by atoms with Gasteiger partial charge in [0.25, 0.3) is 0 Å². The largest absolute Gasteiger partial charge is 0.395 e. The Balaban J connectivity index is 2.37. The molecule has 0 fully saturated rings. The van der Waals surface area contributed by atoms with E-state index in [-0.39, 0.29) is 6.61 Å². The minimum Gasteiger partial charge on any atom is -0.395 e. The molecule has 17 heavy (non-hydrogen) atoms. The zero-order chi connectivity index (χ0) is 12.3. The normalized spacial score (nSPS) is 9.76. The molecule has 0 atom stereocenters. The number of benzene rings is 1. The quantitative estimate of drug-likeness (QED) is 0.585. The molecule has 0 radical (unpaired) electrons. The molecule has 1 aromatic rings. The lowest BCUT2D eigenvalue weighted by molar-refractivity contribution is 0.305. The number of hydrogen-bond donors (Lipinski definition) is 1. The number of aliphatic hydroxyl groups is 1. The Bertz CT molecular complexity index is 353. The van der Waals surface area contributed by atoms with Gasteiger partial charge < -0.3 is 5.11 Å². The Hall–Kier alpha value is -1.26. The van der Waals surface area contributed by atoms with Crippen LogP contribution in [0.2, 0.25) is 0 Å². The standard InChI is InChI=1S/C16H22O/c1-2-3-4-5-8-15-10-12-16(13-11-15)9-6-7-14-17/h10-13,17H,2-5,7-8,14H2,1H3. The van der Waals surface area contributed by atoms with Crippen molar-refractivity contribution in [2.75, 3.05) is 6.61 Å². The molecule has 0 spiro atoms. The highest BCUT2D eigenvalue weighted by atomic mass is 16.2. The Morgan fingerprint density at radius 3 is 2.47 bits per heavy atom. The molecule has 1 nitrogen and oxygen atoms in total. The van der Waals surface area contributed by atoms with Crippen LogP contribution in [0.15, 0.2) is 24.3 Å². The van der Waals surface area contributed by atoms with E-state index >= 15 is 0 Å². The molecule has 0 amide bonds. The van der Waals surface area contributed by atoms with Crippen molar-refractivity contribution < 1.29 is 5.11 Å². The third kappa shape index (κ3) is 6.14. The Morgan fingerprint density at radius 1 is 1.06 bits per heavy atom. The fourth-order valence-electron chi connectivity index (χ4n) is 1.73. The maximum Gasteiger partial charge on any atom is 0.0540 e. The second kappa shape index (κ2) is 8.84. The molecule has 0 aliphatic rings. The Kier molecular flexibility index (Phi) is 7.18. The van der Waals surface area contributed by atoms with Crippen molar-refractivity contribution in [3.63, 3.8) is 0 Å². The van der Waals surface area contributed by atoms with Crippen molar-refractivity contribution in [1.29, 1.82) is 0 Å². The first-order chi connectivity index (χ1) is 8.36. The van der Waals surface area contributed by atoms with Gasteiger partial charge >= 0.3 is 0 Å². The molecule has 1 rings (SSSR count). The lowest BCUT2D eigenvalue weighted by Crippen LogP contribution is -1.86. The van der Waals surface area contributed by atoms with Crippen LogP contribution in [0.5, 0.6) is 0 Å². The molecule has 0 saturated heterocycles. The first kappa shape index (κ1) is 13.8. The van der Waals surface area contributed by atoms with Crippen LogP contribution < -0.4 is 0 Å². The monoisotopic (exact) mass is 230 g/mol. The first-order valence-corrected chi connectivity index (χ1v) is 6.55. The molecule has 0 bridgehead atoms. The lowest BCUT2D eigenvalue weighted by Gasteiger charge is -2.01. The molecule has 0 aliphatic carbocycles. The van der Waals surface area contributed by atoms with Gasteiger partial charge in [-0.25, -0.2) is 0 Å². The first-order valence-electron chi connectivity index (χ1n) is 6.55. The summed E-state index contributed by atoms with van der Waals surface area (Å²) in [5.41, 5.74) is 2.43. The molecule has 0 aromatic heterocycles. The van der Waals surface area contributed by atoms with E-state index in [1.54, 1.807) is 0 Å². The van der Waals surface area contributed by atoms with E-state index in [4.69, 9.17) is 5.11 Å². The van der Waals surface area contributed by atoms with Gasteiger partial charge in [0.15, 0.2) is 0 Å². The van der Waals surface area contributed by atoms with Gasteiger partial charge in [-0.15, -0.1) is 0 Å². The molecule has 0 aliphatic heterocycles. The molecular formula is C16H22O. The van der Waals surface area contributed by atoms with Gasteiger partial charge in [-0.1, -0.05) is 50.2 Å². The third-order valence-electron chi connectivity index (χ3n) is 2.74. The average molecular weight is 230 g/mol. The fourth-order valence-corrected chi connectivity index (χ4v) is 1.73. The molecule has 1 heteroatoms. The zero-order valence-corrected chi connectivity index (χ0v) is 10.7. The number of aryl methyl sites for hydroxylation is 1. The summed E-state index contributed by atoms with van der Waals surface area (Å²) >= 11 is 0. The minimum atomic E-state index is 0.141. The van der Waals surface area contributed by atoms with Crippen molar-refractivity contribution in [1.82, 2.24) is 0 Å². The maximum absolute atomic E-state index is 8.63. The molecule has 0 unspecified atom stereocenters. The lowest BCUT2D eigenvalue weighted by atomic mass is 10.0. The highest BCUT2D eigenvalue weighted by Gasteiger charge is 1.93. The minimum absolute atomic E-state index is 0.141. The van der Waals surface area contributed by atoms with Gasteiger partial charge in [0.2, 0.25) is 0 Å². The van der Waals surface area contributed by atoms with Crippen LogP contribution in [0.4, 0.5) is 0 Å². The predicted octanol–water partition coefficient (Wildman–Crippen LogP) is 3.54. The van der Waals surface area contributed by atoms with Crippen LogP contribution in [0.3, 0.4) is 0 Å². The molecular weight excluding hydrogens is 208 g/mol. The van der Waals surface area contributed by atoms with E-state index < -0.39 is 0 Å². The van der Waals surface area contributed by atoms with E-state index in [1.807, 2.05) is 0 Å². The van der Waals surface area contributed by atoms with Crippen molar-refractivity contribution in [3.05, 3.63) is 35.4 Å². The highest BCUT2D eigenvalue weighted by Crippen LogP contribution is 2.09. The summed E-state index contributed by atoms with van der Waals surface area (Å²) in [4.78, 5) is 0. The van der Waals surface area contributed by atoms with Crippen molar-refractivity contribution in [2.24, 2.45) is 0 Å². The van der Waals surface area contributed by atoms with Gasteiger partial charge in [-0.2, -0.15) is 0 Å². The topological polar surface area (TPSA) is 20.2 Å². The smallest absolute Gasteiger partial charge is 0.0540 e. The Labute approximate surface area is 105 Å². The summed E-state index contributed by atoms with van der Waals surface area (Å²) in [6.45, 7) is 2.38. The Morgan fingerprint density at radius 2 is 1.82 bits per heavy atom. The average Bonchev–Trinajstić information content (AvgIpc) is 2.37. The number of hydrogen-bond acceptors (Lipinski definition) is 1. The summed E-state index contributed by atoms with van der Waals surface area (Å²) in [5.74, 6) is 5.97. The fraction of sp³-hybridized carbons (Fsp3) is 0.500. The third-order valence-corrected chi connectivity index (χ3v) is 2.74. The van der Waals surface area contributed by atoms with Crippen LogP contribution in [0, 0.1) is 11.8 Å². The summed E-state index contributed by atoms with van der Waals surface area (Å²) in [5, 5.41) is 8.63. The summed E-state index contributed by atoms with van der Waals surface area (Å²) in [6.07, 6.45) is 6.96. The van der Waals surface area contributed by atoms with Gasteiger partial charge in [0.1, 0.15) is 0 Å². The highest BCUT2D eigenvalue weighted by molar-refractivity contribution is 5.36. The van der Waals surface area contributed by atoms with Gasteiger partial charge in [-0.05, 0) is 30.5 Å². The van der Waals surface area contributed by atoms with Crippen molar-refractivity contribution in [3.8, 4) is 11.8 Å². The number of rotatable bonds is 6. The number of unbranched alkanes of at least 4 members (excludes halogenated alkanes) is 3. The van der Waals surface area contributed by atoms with Crippen LogP contribution in [0.25, 0.3) is 0 Å². The zero-order valence-electron chi connectivity index (χ0n) is 10.7. The molecule has 1 aromatic carbocycles. The van der Waals surface area contributed by atoms with Gasteiger partial charge in [0.05, 0.1) is 6.61 Å². The summed E-state index contributed by atoms with van der Waals surface area (Å²) in [7, 11) is 0. The van der Waals surface area contributed by atoms with E-state index in [0.717, 1.165) is 5.56 Å². The van der Waals surface area contributed by atoms with Crippen LogP contribution in [-0.2, 0) is 6.42 Å². The maximum atomic E-state index is 8.63. The predicted molar refractivity (Wildman–Crippen MR) is 72.9 cm³/mol. The van der Waals surface area contributed by atoms with Crippen LogP contribution in [0.1, 0.15) is 50.2 Å². The van der Waals surface area contributed by atoms with E-state index in [1.165, 1.54) is 37.7 Å². The molecule has 92 valence electrons. The van der Waals surface area contributed by atoms with Gasteiger partial charge in [0, 0.05) is 12.0 Å². The molecule has 0 heterocycles. The summed E-state index contributed by atoms with van der Waals surface area (Å²) in [6, 6.07) is 8.46. The second-order valence-electron chi connectivity index (χ2n) is 4.28. The van der Waals surface area contributed by atoms with Crippen molar-refractivity contribution in [2.45, 2.75) is 45.4 Å². The second-order valence-corrected chi connectivity index (χ2v) is 4.28. The SMILES string of the molecule is CCCCCCc1ccc(C#CCCO)cc1. The van der Waals surface area contributed by atoms with Gasteiger partial charge in [-0.3, -0.25) is 0 Å². The molecule has 0 saturated carbocycles. The summed E-state index contributed by atoms with van der Waals surface area (Å²) < 4.78 is 0. The van der Waals surface area contributed by atoms with E-state index in [2.05, 4.69) is 43.0 Å². The molecule has 1 N–H and O–H groups in total. The number of aliphatic hydroxyl groups excluding tert-OH is 1. The van der Waals surface area contributed by atoms with Crippen LogP contribution >= 0.6 is 0 Å². The van der Waals surface area contributed by atoms with E-state index in [0.29, 0.717) is 6.42 Å². The van der Waals surface area contributed by atoms with Crippen molar-refractivity contribution >= 4 is 0 Å².